The summed E-state index contributed by atoms with van der Waals surface area (Å²) in [5, 5.41) is 0. The summed E-state index contributed by atoms with van der Waals surface area (Å²) in [6.07, 6.45) is 0.771. The Balaban J connectivity index is 0.000000487. The van der Waals surface area contributed by atoms with Gasteiger partial charge in [0.2, 0.25) is 0 Å². The highest BCUT2D eigenvalue weighted by Crippen LogP contribution is 2.10. The standard InChI is InChI=1S/C10H14FN.CH3BOP/c1-10(2,12)7-8-3-5-9(11)6-4-8;1-4(2)3/h3-6H,7,12H2,1-2H3;1H3/q;+1. The summed E-state index contributed by atoms with van der Waals surface area (Å²) < 4.78 is 21.9. The van der Waals surface area contributed by atoms with E-state index in [2.05, 4.69) is 7.57 Å². The zero-order valence-corrected chi connectivity index (χ0v) is 10.8. The third kappa shape index (κ3) is 9.82. The molecule has 5 heteroatoms. The predicted molar refractivity (Wildman–Crippen MR) is 67.7 cm³/mol. The van der Waals surface area contributed by atoms with Gasteiger partial charge < -0.3 is 5.73 Å². The van der Waals surface area contributed by atoms with E-state index >= 15 is 0 Å². The minimum absolute atomic E-state index is 0.200. The molecule has 2 radical (unpaired) electrons. The van der Waals surface area contributed by atoms with Crippen LogP contribution >= 0.6 is 7.68 Å². The second kappa shape index (κ2) is 6.77. The number of benzene rings is 1. The second-order valence-electron chi connectivity index (χ2n) is 4.34. The molecule has 2 N–H and O–H groups in total. The smallest absolute Gasteiger partial charge is 0.325 e. The van der Waals surface area contributed by atoms with Crippen molar-refractivity contribution in [2.24, 2.45) is 5.73 Å². The van der Waals surface area contributed by atoms with E-state index < -0.39 is 7.68 Å². The molecule has 0 heterocycles. The van der Waals surface area contributed by atoms with Crippen LogP contribution in [0, 0.1) is 5.82 Å². The highest BCUT2D eigenvalue weighted by Gasteiger charge is 2.10. The first-order chi connectivity index (χ1) is 7.20. The lowest BCUT2D eigenvalue weighted by Gasteiger charge is -2.17. The lowest BCUT2D eigenvalue weighted by atomic mass is 9.96. The molecule has 0 aliphatic heterocycles. The van der Waals surface area contributed by atoms with Crippen LogP contribution in [0.25, 0.3) is 0 Å². The van der Waals surface area contributed by atoms with Crippen LogP contribution in [0.15, 0.2) is 24.3 Å². The van der Waals surface area contributed by atoms with Crippen molar-refractivity contribution in [3.05, 3.63) is 35.6 Å². The van der Waals surface area contributed by atoms with E-state index in [-0.39, 0.29) is 11.4 Å². The third-order valence-electron chi connectivity index (χ3n) is 1.57. The van der Waals surface area contributed by atoms with Gasteiger partial charge in [-0.05, 0) is 38.0 Å². The monoisotopic (exact) mass is 240 g/mol. The third-order valence-corrected chi connectivity index (χ3v) is 1.57. The first-order valence-electron chi connectivity index (χ1n) is 4.89. The van der Waals surface area contributed by atoms with Gasteiger partial charge in [-0.15, -0.1) is 4.57 Å². The summed E-state index contributed by atoms with van der Waals surface area (Å²) in [7, 11) is 3.25. The van der Waals surface area contributed by atoms with Crippen LogP contribution < -0.4 is 5.73 Å². The summed E-state index contributed by atoms with van der Waals surface area (Å²) >= 11 is 0. The van der Waals surface area contributed by atoms with Crippen LogP contribution in [-0.2, 0) is 11.0 Å². The van der Waals surface area contributed by atoms with Crippen molar-refractivity contribution < 1.29 is 8.96 Å². The van der Waals surface area contributed by atoms with Gasteiger partial charge in [0.05, 0.1) is 0 Å². The molecule has 86 valence electrons. The lowest BCUT2D eigenvalue weighted by Crippen LogP contribution is -2.34. The molecule has 0 aliphatic rings. The van der Waals surface area contributed by atoms with E-state index in [0.717, 1.165) is 12.0 Å². The lowest BCUT2D eigenvalue weighted by molar-refractivity contribution is 0.516. The molecule has 0 fully saturated rings. The molecular formula is C11H17BFNOP+. The fourth-order valence-corrected chi connectivity index (χ4v) is 1.13. The van der Waals surface area contributed by atoms with Crippen molar-refractivity contribution in [2.45, 2.75) is 25.8 Å². The highest BCUT2D eigenvalue weighted by atomic mass is 31.1. The van der Waals surface area contributed by atoms with E-state index in [1.807, 2.05) is 13.8 Å². The van der Waals surface area contributed by atoms with Gasteiger partial charge in [-0.2, -0.15) is 0 Å². The van der Waals surface area contributed by atoms with Gasteiger partial charge in [-0.1, -0.05) is 12.1 Å². The minimum Gasteiger partial charge on any atom is -0.325 e. The molecule has 2 nitrogen and oxygen atoms in total. The van der Waals surface area contributed by atoms with Crippen molar-refractivity contribution in [3.8, 4) is 0 Å². The van der Waals surface area contributed by atoms with Crippen LogP contribution in [0.5, 0.6) is 0 Å². The molecule has 0 saturated carbocycles. The van der Waals surface area contributed by atoms with Crippen molar-refractivity contribution in [1.29, 1.82) is 0 Å². The average Bonchev–Trinajstić information content (AvgIpc) is 2.05. The fraction of sp³-hybridized carbons (Fsp3) is 0.455. The molecule has 1 atom stereocenters. The summed E-state index contributed by atoms with van der Waals surface area (Å²) in [5.74, 6) is -0.200. The Kier molecular flexibility index (Phi) is 6.46. The van der Waals surface area contributed by atoms with Gasteiger partial charge in [-0.3, -0.25) is 0 Å². The Bertz CT molecular complexity index is 331. The van der Waals surface area contributed by atoms with Gasteiger partial charge in [0.15, 0.2) is 0 Å². The van der Waals surface area contributed by atoms with E-state index in [0.29, 0.717) is 0 Å². The van der Waals surface area contributed by atoms with Crippen molar-refractivity contribution in [1.82, 2.24) is 0 Å². The molecule has 1 aromatic rings. The largest absolute Gasteiger partial charge is 0.502 e. The summed E-state index contributed by atoms with van der Waals surface area (Å²) in [6.45, 7) is 5.36. The Hall–Kier alpha value is -0.725. The van der Waals surface area contributed by atoms with Crippen LogP contribution in [-0.4, -0.2) is 19.8 Å². The summed E-state index contributed by atoms with van der Waals surface area (Å²) in [6, 6.07) is 6.45. The molecule has 1 aromatic carbocycles. The Morgan fingerprint density at radius 1 is 1.38 bits per heavy atom. The molecule has 0 saturated heterocycles. The SMILES string of the molecule is CC(C)(N)Cc1ccc(F)cc1.[B][P+](C)=O. The minimum atomic E-state index is -1.37. The predicted octanol–water partition coefficient (Wildman–Crippen LogP) is 2.63. The van der Waals surface area contributed by atoms with Crippen molar-refractivity contribution >= 4 is 15.2 Å². The maximum Gasteiger partial charge on any atom is 0.502 e. The molecule has 16 heavy (non-hydrogen) atoms. The first-order valence-corrected chi connectivity index (χ1v) is 6.67. The Morgan fingerprint density at radius 2 is 1.75 bits per heavy atom. The molecule has 0 amide bonds. The highest BCUT2D eigenvalue weighted by molar-refractivity contribution is 7.71. The van der Waals surface area contributed by atoms with E-state index in [1.54, 1.807) is 12.1 Å². The first kappa shape index (κ1) is 15.3. The number of halogens is 1. The number of rotatable bonds is 2. The quantitative estimate of drug-likeness (QED) is 0.637. The second-order valence-corrected chi connectivity index (χ2v) is 5.43. The van der Waals surface area contributed by atoms with E-state index in [9.17, 15) is 8.96 Å². The Morgan fingerprint density at radius 3 is 2.06 bits per heavy atom. The van der Waals surface area contributed by atoms with Crippen LogP contribution in [0.1, 0.15) is 19.4 Å². The van der Waals surface area contributed by atoms with E-state index in [4.69, 9.17) is 5.73 Å². The summed E-state index contributed by atoms with van der Waals surface area (Å²) in [5.41, 5.74) is 6.66. The Labute approximate surface area is 98.6 Å². The van der Waals surface area contributed by atoms with Crippen molar-refractivity contribution in [3.63, 3.8) is 0 Å². The normalized spacial score (nSPS) is 11.4. The maximum absolute atomic E-state index is 12.5. The summed E-state index contributed by atoms with van der Waals surface area (Å²) in [4.78, 5) is 0. The van der Waals surface area contributed by atoms with Crippen LogP contribution in [0.3, 0.4) is 0 Å². The molecule has 0 bridgehead atoms. The number of hydrogen-bond acceptors (Lipinski definition) is 2. The zero-order valence-electron chi connectivity index (χ0n) is 9.90. The number of hydrogen-bond donors (Lipinski definition) is 1. The van der Waals surface area contributed by atoms with Gasteiger partial charge >= 0.3 is 7.57 Å². The van der Waals surface area contributed by atoms with Crippen LogP contribution in [0.2, 0.25) is 0 Å². The molecule has 1 rings (SSSR count). The zero-order chi connectivity index (χ0) is 12.8. The van der Waals surface area contributed by atoms with Gasteiger partial charge in [0.25, 0.3) is 7.68 Å². The molecule has 0 spiro atoms. The molecule has 0 aromatic heterocycles. The van der Waals surface area contributed by atoms with E-state index in [1.165, 1.54) is 18.8 Å². The average molecular weight is 240 g/mol. The number of nitrogens with two attached hydrogens (primary N) is 1. The fourth-order valence-electron chi connectivity index (χ4n) is 1.13. The van der Waals surface area contributed by atoms with Crippen LogP contribution in [0.4, 0.5) is 4.39 Å². The molecule has 0 aliphatic carbocycles. The molecular weight excluding hydrogens is 223 g/mol. The van der Waals surface area contributed by atoms with Gasteiger partial charge in [0, 0.05) is 5.54 Å². The molecule has 1 unspecified atom stereocenters. The van der Waals surface area contributed by atoms with Crippen molar-refractivity contribution in [2.75, 3.05) is 6.66 Å². The van der Waals surface area contributed by atoms with Gasteiger partial charge in [-0.25, -0.2) is 4.39 Å². The van der Waals surface area contributed by atoms with Gasteiger partial charge in [0.1, 0.15) is 12.5 Å². The topological polar surface area (TPSA) is 43.1 Å². The maximum atomic E-state index is 12.5.